The van der Waals surface area contributed by atoms with Gasteiger partial charge in [0.25, 0.3) is 5.56 Å². The minimum absolute atomic E-state index is 0.00611. The van der Waals surface area contributed by atoms with Gasteiger partial charge in [-0.15, -0.1) is 0 Å². The van der Waals surface area contributed by atoms with Gasteiger partial charge >= 0.3 is 0 Å². The number of hydrogen-bond donors (Lipinski definition) is 2. The molecule has 1 aliphatic heterocycles. The number of benzene rings is 1. The summed E-state index contributed by atoms with van der Waals surface area (Å²) in [7, 11) is -3.03. The number of carbonyl (C=O) groups is 1. The standard InChI is InChI=1S/C14H15N3O4S/c18-13(15-9-5-6-22(20,21)8-9)7-12-10-3-1-2-4-11(10)14(19)17-16-12/h1-4,9H,5-8H2,(H,15,18)(H,17,19)/t9-/m1/s1. The van der Waals surface area contributed by atoms with Gasteiger partial charge in [-0.3, -0.25) is 9.59 Å². The number of rotatable bonds is 3. The van der Waals surface area contributed by atoms with Crippen LogP contribution in [0.5, 0.6) is 0 Å². The molecule has 3 rings (SSSR count). The van der Waals surface area contributed by atoms with E-state index in [1.807, 2.05) is 0 Å². The van der Waals surface area contributed by atoms with Crippen molar-refractivity contribution < 1.29 is 13.2 Å². The highest BCUT2D eigenvalue weighted by atomic mass is 32.2. The molecule has 0 radical (unpaired) electrons. The molecule has 7 nitrogen and oxygen atoms in total. The quantitative estimate of drug-likeness (QED) is 0.811. The maximum atomic E-state index is 12.1. The molecule has 1 fully saturated rings. The lowest BCUT2D eigenvalue weighted by Crippen LogP contribution is -2.36. The largest absolute Gasteiger partial charge is 0.352 e. The van der Waals surface area contributed by atoms with Gasteiger partial charge in [-0.2, -0.15) is 5.10 Å². The molecule has 2 N–H and O–H groups in total. The molecule has 1 saturated heterocycles. The third-order valence-corrected chi connectivity index (χ3v) is 5.47. The Kier molecular flexibility index (Phi) is 3.69. The summed E-state index contributed by atoms with van der Waals surface area (Å²) in [6, 6.07) is 6.58. The molecule has 0 spiro atoms. The predicted molar refractivity (Wildman–Crippen MR) is 81.3 cm³/mol. The summed E-state index contributed by atoms with van der Waals surface area (Å²) in [6.07, 6.45) is 0.432. The molecular weight excluding hydrogens is 306 g/mol. The molecule has 0 bridgehead atoms. The van der Waals surface area contributed by atoms with Crippen LogP contribution in [0.1, 0.15) is 12.1 Å². The van der Waals surface area contributed by atoms with Crippen molar-refractivity contribution in [3.05, 3.63) is 40.3 Å². The van der Waals surface area contributed by atoms with E-state index in [0.29, 0.717) is 22.9 Å². The van der Waals surface area contributed by atoms with Crippen molar-refractivity contribution in [1.29, 1.82) is 0 Å². The second-order valence-corrected chi connectivity index (χ2v) is 7.62. The van der Waals surface area contributed by atoms with E-state index in [1.54, 1.807) is 24.3 Å². The SMILES string of the molecule is O=C(Cc1n[nH]c(=O)c2ccccc12)N[C@@H]1CCS(=O)(=O)C1. The van der Waals surface area contributed by atoms with Crippen LogP contribution in [0.3, 0.4) is 0 Å². The van der Waals surface area contributed by atoms with Crippen LogP contribution in [0.4, 0.5) is 0 Å². The minimum Gasteiger partial charge on any atom is -0.352 e. The Hall–Kier alpha value is -2.22. The molecule has 0 aliphatic carbocycles. The molecule has 2 heterocycles. The Bertz CT molecular complexity index is 888. The van der Waals surface area contributed by atoms with Gasteiger partial charge in [-0.1, -0.05) is 18.2 Å². The van der Waals surface area contributed by atoms with Gasteiger partial charge in [0.1, 0.15) is 0 Å². The molecule has 8 heteroatoms. The van der Waals surface area contributed by atoms with E-state index in [0.717, 1.165) is 0 Å². The number of hydrogen-bond acceptors (Lipinski definition) is 5. The Morgan fingerprint density at radius 1 is 1.32 bits per heavy atom. The minimum atomic E-state index is -3.03. The third-order valence-electron chi connectivity index (χ3n) is 3.70. The number of H-pyrrole nitrogens is 1. The van der Waals surface area contributed by atoms with Gasteiger partial charge in [0.05, 0.1) is 29.0 Å². The summed E-state index contributed by atoms with van der Waals surface area (Å²) in [4.78, 5) is 23.8. The fourth-order valence-electron chi connectivity index (χ4n) is 2.65. The number of aromatic amines is 1. The maximum absolute atomic E-state index is 12.1. The van der Waals surface area contributed by atoms with Crippen LogP contribution >= 0.6 is 0 Å². The lowest BCUT2D eigenvalue weighted by Gasteiger charge is -2.11. The van der Waals surface area contributed by atoms with Crippen LogP contribution in [0, 0.1) is 0 Å². The van der Waals surface area contributed by atoms with E-state index in [-0.39, 0.29) is 35.4 Å². The van der Waals surface area contributed by atoms with Crippen molar-refractivity contribution in [2.45, 2.75) is 18.9 Å². The summed E-state index contributed by atoms with van der Waals surface area (Å²) in [5.74, 6) is -0.206. The monoisotopic (exact) mass is 321 g/mol. The maximum Gasteiger partial charge on any atom is 0.272 e. The molecule has 116 valence electrons. The van der Waals surface area contributed by atoms with E-state index in [2.05, 4.69) is 15.5 Å². The number of carbonyl (C=O) groups excluding carboxylic acids is 1. The lowest BCUT2D eigenvalue weighted by atomic mass is 10.1. The van der Waals surface area contributed by atoms with Crippen molar-refractivity contribution in [1.82, 2.24) is 15.5 Å². The molecule has 1 atom stereocenters. The van der Waals surface area contributed by atoms with E-state index in [4.69, 9.17) is 0 Å². The molecule has 1 aromatic heterocycles. The summed E-state index contributed by atoms with van der Waals surface area (Å²) in [6.45, 7) is 0. The summed E-state index contributed by atoms with van der Waals surface area (Å²) in [5.41, 5.74) is 0.162. The third kappa shape index (κ3) is 3.01. The number of nitrogens with one attached hydrogen (secondary N) is 2. The number of nitrogens with zero attached hydrogens (tertiary/aromatic N) is 1. The Morgan fingerprint density at radius 3 is 2.73 bits per heavy atom. The number of aromatic nitrogens is 2. The van der Waals surface area contributed by atoms with Crippen LogP contribution in [-0.2, 0) is 21.1 Å². The van der Waals surface area contributed by atoms with Crippen molar-refractivity contribution in [2.24, 2.45) is 0 Å². The van der Waals surface area contributed by atoms with Gasteiger partial charge in [-0.25, -0.2) is 13.5 Å². The lowest BCUT2D eigenvalue weighted by molar-refractivity contribution is -0.121. The molecule has 22 heavy (non-hydrogen) atoms. The molecule has 1 aromatic carbocycles. The Morgan fingerprint density at radius 2 is 2.05 bits per heavy atom. The predicted octanol–water partition coefficient (Wildman–Crippen LogP) is -0.231. The zero-order valence-electron chi connectivity index (χ0n) is 11.7. The van der Waals surface area contributed by atoms with Crippen LogP contribution in [0.25, 0.3) is 10.8 Å². The summed E-state index contributed by atoms with van der Waals surface area (Å²) < 4.78 is 22.8. The van der Waals surface area contributed by atoms with Crippen molar-refractivity contribution in [2.75, 3.05) is 11.5 Å². The summed E-state index contributed by atoms with van der Waals surface area (Å²) in [5, 5.41) is 10.1. The second-order valence-electron chi connectivity index (χ2n) is 5.39. The average Bonchev–Trinajstić information content (AvgIpc) is 2.81. The second kappa shape index (κ2) is 5.53. The topological polar surface area (TPSA) is 109 Å². The first kappa shape index (κ1) is 14.7. The molecule has 0 saturated carbocycles. The van der Waals surface area contributed by atoms with Gasteiger partial charge in [0.15, 0.2) is 9.84 Å². The number of fused-ring (bicyclic) bond motifs is 1. The molecule has 1 amide bonds. The van der Waals surface area contributed by atoms with Crippen LogP contribution in [0.2, 0.25) is 0 Å². The molecule has 0 unspecified atom stereocenters. The van der Waals surface area contributed by atoms with Gasteiger partial charge in [0.2, 0.25) is 5.91 Å². The normalized spacial score (nSPS) is 20.1. The Labute approximate surface area is 126 Å². The van der Waals surface area contributed by atoms with E-state index >= 15 is 0 Å². The van der Waals surface area contributed by atoms with E-state index in [1.165, 1.54) is 0 Å². The molecule has 1 aliphatic rings. The van der Waals surface area contributed by atoms with Crippen LogP contribution in [0.15, 0.2) is 29.1 Å². The van der Waals surface area contributed by atoms with Gasteiger partial charge in [-0.05, 0) is 12.5 Å². The van der Waals surface area contributed by atoms with Gasteiger partial charge in [0, 0.05) is 11.4 Å². The van der Waals surface area contributed by atoms with Gasteiger partial charge < -0.3 is 5.32 Å². The van der Waals surface area contributed by atoms with Crippen molar-refractivity contribution in [3.8, 4) is 0 Å². The molecule has 2 aromatic rings. The zero-order valence-corrected chi connectivity index (χ0v) is 12.5. The Balaban J connectivity index is 1.78. The first-order chi connectivity index (χ1) is 10.4. The van der Waals surface area contributed by atoms with Crippen molar-refractivity contribution >= 4 is 26.5 Å². The fourth-order valence-corrected chi connectivity index (χ4v) is 4.32. The molecular formula is C14H15N3O4S. The highest BCUT2D eigenvalue weighted by molar-refractivity contribution is 7.91. The first-order valence-electron chi connectivity index (χ1n) is 6.91. The summed E-state index contributed by atoms with van der Waals surface area (Å²) >= 11 is 0. The highest BCUT2D eigenvalue weighted by Crippen LogP contribution is 2.14. The van der Waals surface area contributed by atoms with Crippen molar-refractivity contribution in [3.63, 3.8) is 0 Å². The fraction of sp³-hybridized carbons (Fsp3) is 0.357. The van der Waals surface area contributed by atoms with Crippen LogP contribution < -0.4 is 10.9 Å². The van der Waals surface area contributed by atoms with E-state index in [9.17, 15) is 18.0 Å². The first-order valence-corrected chi connectivity index (χ1v) is 8.73. The highest BCUT2D eigenvalue weighted by Gasteiger charge is 2.29. The number of sulfone groups is 1. The van der Waals surface area contributed by atoms with E-state index < -0.39 is 9.84 Å². The zero-order chi connectivity index (χ0) is 15.7. The average molecular weight is 321 g/mol. The smallest absolute Gasteiger partial charge is 0.272 e. The number of amides is 1. The van der Waals surface area contributed by atoms with Crippen LogP contribution in [-0.4, -0.2) is 42.1 Å².